The summed E-state index contributed by atoms with van der Waals surface area (Å²) in [5.41, 5.74) is -0.435. The molecule has 1 aromatic rings. The number of hydrogen-bond donors (Lipinski definition) is 0. The number of rotatable bonds is 0. The molecule has 0 N–H and O–H groups in total. The van der Waals surface area contributed by atoms with E-state index >= 15 is 0 Å². The zero-order chi connectivity index (χ0) is 5.28. The van der Waals surface area contributed by atoms with E-state index in [0.29, 0.717) is 0 Å². The first kappa shape index (κ1) is 12.1. The number of hydrogen-bond acceptors (Lipinski definition) is 3. The van der Waals surface area contributed by atoms with E-state index in [1.807, 2.05) is 0 Å². The Morgan fingerprint density at radius 2 is 1.89 bits per heavy atom. The fourth-order valence-electron chi connectivity index (χ4n) is 0.243. The van der Waals surface area contributed by atoms with Crippen molar-refractivity contribution >= 4 is 11.3 Å². The fourth-order valence-corrected chi connectivity index (χ4v) is 0.641. The van der Waals surface area contributed by atoms with E-state index < -0.39 is 10.4 Å². The first-order valence-electron chi connectivity index (χ1n) is 1.58. The Morgan fingerprint density at radius 1 is 1.33 bits per heavy atom. The van der Waals surface area contributed by atoms with Crippen LogP contribution in [0, 0.1) is 0 Å². The minimum Gasteiger partial charge on any atom is -0.683 e. The molecule has 0 radical (unpaired) electrons. The maximum absolute atomic E-state index is 10.00. The third-order valence-corrected chi connectivity index (χ3v) is 1.07. The van der Waals surface area contributed by atoms with Crippen LogP contribution in [0.3, 0.4) is 0 Å². The third-order valence-electron chi connectivity index (χ3n) is 0.462. The molecule has 9 heavy (non-hydrogen) atoms. The molecule has 0 unspecified atom stereocenters. The van der Waals surface area contributed by atoms with Crippen molar-refractivity contribution in [3.05, 3.63) is 25.4 Å². The van der Waals surface area contributed by atoms with Gasteiger partial charge in [-0.3, -0.25) is 0 Å². The minimum atomic E-state index is -0.435. The smallest absolute Gasteiger partial charge is 0.683 e. The summed E-state index contributed by atoms with van der Waals surface area (Å²) in [5, 5.41) is 1.18. The summed E-state index contributed by atoms with van der Waals surface area (Å²) in [6, 6.07) is 0. The zero-order valence-corrected chi connectivity index (χ0v) is 6.07. The Bertz CT molecular complexity index is 224. The first-order chi connectivity index (χ1) is 3.29. The molecule has 0 amide bonds. The largest absolute Gasteiger partial charge is 1.00 e. The molecular formula is C3HLi2NO2S. The van der Waals surface area contributed by atoms with Gasteiger partial charge in [0.15, 0.2) is 0 Å². The van der Waals surface area contributed by atoms with Gasteiger partial charge in [-0.15, -0.1) is 5.38 Å². The van der Waals surface area contributed by atoms with Crippen LogP contribution in [0.1, 0.15) is 0 Å². The van der Waals surface area contributed by atoms with Gasteiger partial charge in [0.05, 0.1) is 0 Å². The second kappa shape index (κ2) is 5.23. The molecule has 1 heterocycles. The topological polar surface area (TPSA) is 48.2 Å². The van der Waals surface area contributed by atoms with Crippen LogP contribution in [0.15, 0.2) is 15.0 Å². The quantitative estimate of drug-likeness (QED) is 0.258. The van der Waals surface area contributed by atoms with Crippen LogP contribution in [0.5, 0.6) is 0 Å². The van der Waals surface area contributed by atoms with Gasteiger partial charge in [0, 0.05) is 0 Å². The maximum Gasteiger partial charge on any atom is 1.00 e. The van der Waals surface area contributed by atoms with E-state index in [-0.39, 0.29) is 37.7 Å². The van der Waals surface area contributed by atoms with E-state index in [9.17, 15) is 9.59 Å². The van der Waals surface area contributed by atoms with Crippen molar-refractivity contribution < 1.29 is 37.7 Å². The summed E-state index contributed by atoms with van der Waals surface area (Å²) in [4.78, 5) is 22.6. The van der Waals surface area contributed by atoms with Crippen LogP contribution >= 0.6 is 11.3 Å². The van der Waals surface area contributed by atoms with Crippen molar-refractivity contribution in [2.75, 3.05) is 0 Å². The number of aromatic nitrogens is 1. The summed E-state index contributed by atoms with van der Waals surface area (Å²) in [6.07, 6.45) is 0. The van der Waals surface area contributed by atoms with Crippen molar-refractivity contribution in [3.8, 4) is 0 Å². The van der Waals surface area contributed by atoms with Crippen LogP contribution in [0.2, 0.25) is 0 Å². The predicted molar refractivity (Wildman–Crippen MR) is 25.8 cm³/mol. The van der Waals surface area contributed by atoms with Gasteiger partial charge in [-0.25, -0.2) is 0 Å². The minimum absolute atomic E-state index is 0. The van der Waals surface area contributed by atoms with Crippen LogP contribution in [0.4, 0.5) is 0 Å². The van der Waals surface area contributed by atoms with Gasteiger partial charge < -0.3 is 25.9 Å². The summed E-state index contributed by atoms with van der Waals surface area (Å²) < 4.78 is 0. The molecule has 6 heteroatoms. The first-order valence-corrected chi connectivity index (χ1v) is 2.46. The molecule has 0 saturated carbocycles. The Balaban J connectivity index is 0. The SMILES string of the molecule is O=c1[cH-]sc(=O)[n-]1.[Li+].[Li+]. The van der Waals surface area contributed by atoms with Gasteiger partial charge in [-0.2, -0.15) is 0 Å². The molecule has 0 aromatic carbocycles. The zero-order valence-electron chi connectivity index (χ0n) is 5.25. The van der Waals surface area contributed by atoms with Gasteiger partial charge in [-0.05, 0) is 10.4 Å². The van der Waals surface area contributed by atoms with Crippen molar-refractivity contribution in [1.29, 1.82) is 0 Å². The van der Waals surface area contributed by atoms with Crippen molar-refractivity contribution in [2.24, 2.45) is 0 Å². The maximum atomic E-state index is 10.00. The summed E-state index contributed by atoms with van der Waals surface area (Å²) in [5.74, 6) is 0. The normalized spacial score (nSPS) is 7.11. The Kier molecular flexibility index (Phi) is 7.05. The average Bonchev–Trinajstić information content (AvgIpc) is 1.87. The van der Waals surface area contributed by atoms with E-state index in [4.69, 9.17) is 0 Å². The standard InChI is InChI=1S/C3H2NO2S.2Li/c5-2-1-7-3(6)4-2;;/h1H,(H,4,5,6);;/q-1;2*+1/p-1. The summed E-state index contributed by atoms with van der Waals surface area (Å²) in [6.45, 7) is 0. The summed E-state index contributed by atoms with van der Waals surface area (Å²) in [7, 11) is 0. The van der Waals surface area contributed by atoms with Crippen LogP contribution in [-0.4, -0.2) is 0 Å². The molecule has 0 bridgehead atoms. The van der Waals surface area contributed by atoms with E-state index in [2.05, 4.69) is 4.98 Å². The van der Waals surface area contributed by atoms with Crippen molar-refractivity contribution in [1.82, 2.24) is 4.98 Å². The van der Waals surface area contributed by atoms with Gasteiger partial charge >= 0.3 is 37.7 Å². The third kappa shape index (κ3) is 3.92. The molecule has 1 rings (SSSR count). The molecule has 0 aliphatic heterocycles. The Hall–Kier alpha value is 0.425. The van der Waals surface area contributed by atoms with E-state index in [1.165, 1.54) is 5.38 Å². The second-order valence-corrected chi connectivity index (χ2v) is 1.77. The monoisotopic (exact) mass is 129 g/mol. The van der Waals surface area contributed by atoms with Crippen LogP contribution in [-0.2, 0) is 0 Å². The molecule has 0 atom stereocenters. The van der Waals surface area contributed by atoms with Crippen LogP contribution < -0.4 is 53.1 Å². The molecule has 0 fully saturated rings. The Morgan fingerprint density at radius 3 is 2.00 bits per heavy atom. The van der Waals surface area contributed by atoms with E-state index in [1.54, 1.807) is 0 Å². The number of thiazole rings is 1. The molecule has 0 aliphatic carbocycles. The molecule has 0 aliphatic rings. The van der Waals surface area contributed by atoms with Gasteiger partial charge in [-0.1, -0.05) is 0 Å². The molecular weight excluding hydrogens is 128 g/mol. The predicted octanol–water partition coefficient (Wildman–Crippen LogP) is -6.85. The molecule has 1 aromatic heterocycles. The van der Waals surface area contributed by atoms with Crippen molar-refractivity contribution in [2.45, 2.75) is 0 Å². The molecule has 0 saturated heterocycles. The Labute approximate surface area is 79.2 Å². The van der Waals surface area contributed by atoms with Gasteiger partial charge in [0.25, 0.3) is 0 Å². The van der Waals surface area contributed by atoms with Gasteiger partial charge in [0.1, 0.15) is 0 Å². The average molecular weight is 129 g/mol. The van der Waals surface area contributed by atoms with Gasteiger partial charge in [0.2, 0.25) is 0 Å². The molecule has 3 nitrogen and oxygen atoms in total. The van der Waals surface area contributed by atoms with Crippen molar-refractivity contribution in [3.63, 3.8) is 0 Å². The van der Waals surface area contributed by atoms with Crippen LogP contribution in [0.25, 0.3) is 0 Å². The second-order valence-electron chi connectivity index (χ2n) is 0.952. The fraction of sp³-hybridized carbons (Fsp3) is 0. The van der Waals surface area contributed by atoms with E-state index in [0.717, 1.165) is 11.3 Å². The number of nitrogens with zero attached hydrogens (tertiary/aromatic N) is 1. The molecule has 0 spiro atoms. The summed E-state index contributed by atoms with van der Waals surface area (Å²) >= 11 is 0.825. The molecule has 38 valence electrons.